The number of aromatic nitrogens is 1. The number of amides is 1. The SMILES string of the molecule is CC[C@@H](C)[C@@H](NC(=O)Cn1cc(S(=O)(=O)N(C)C)ccc1=O)C(=O)OC. The summed E-state index contributed by atoms with van der Waals surface area (Å²) in [7, 11) is 0.215. The number of rotatable bonds is 8. The van der Waals surface area contributed by atoms with Crippen LogP contribution in [0.15, 0.2) is 28.0 Å². The number of carbonyl (C=O) groups excluding carboxylic acids is 2. The van der Waals surface area contributed by atoms with Crippen LogP contribution in [-0.4, -0.2) is 56.4 Å². The Hall–Kier alpha value is -2.20. The number of pyridine rings is 1. The summed E-state index contributed by atoms with van der Waals surface area (Å²) >= 11 is 0. The minimum Gasteiger partial charge on any atom is -0.467 e. The van der Waals surface area contributed by atoms with Crippen LogP contribution < -0.4 is 10.9 Å². The van der Waals surface area contributed by atoms with Crippen LogP contribution in [0.3, 0.4) is 0 Å². The normalized spacial score (nSPS) is 13.9. The fourth-order valence-corrected chi connectivity index (χ4v) is 3.09. The van der Waals surface area contributed by atoms with Gasteiger partial charge >= 0.3 is 5.97 Å². The van der Waals surface area contributed by atoms with E-state index < -0.39 is 40.0 Å². The summed E-state index contributed by atoms with van der Waals surface area (Å²) in [4.78, 5) is 36.0. The molecule has 0 aliphatic rings. The van der Waals surface area contributed by atoms with Crippen LogP contribution in [0.5, 0.6) is 0 Å². The van der Waals surface area contributed by atoms with Gasteiger partial charge in [0.05, 0.1) is 12.0 Å². The number of methoxy groups -OCH3 is 1. The Balaban J connectivity index is 3.06. The minimum atomic E-state index is -3.74. The van der Waals surface area contributed by atoms with Gasteiger partial charge in [-0.3, -0.25) is 9.59 Å². The lowest BCUT2D eigenvalue weighted by molar-refractivity contribution is -0.146. The molecule has 0 radical (unpaired) electrons. The molecule has 0 saturated carbocycles. The van der Waals surface area contributed by atoms with Crippen LogP contribution >= 0.6 is 0 Å². The second-order valence-corrected chi connectivity index (χ2v) is 8.22. The number of nitrogens with zero attached hydrogens (tertiary/aromatic N) is 2. The highest BCUT2D eigenvalue weighted by Gasteiger charge is 2.27. The first-order valence-electron chi connectivity index (χ1n) is 8.04. The van der Waals surface area contributed by atoms with Gasteiger partial charge in [-0.15, -0.1) is 0 Å². The Labute approximate surface area is 153 Å². The van der Waals surface area contributed by atoms with Crippen LogP contribution in [0.1, 0.15) is 20.3 Å². The zero-order chi connectivity index (χ0) is 20.1. The molecular weight excluding hydrogens is 362 g/mol. The van der Waals surface area contributed by atoms with Gasteiger partial charge in [-0.25, -0.2) is 17.5 Å². The molecule has 10 heteroatoms. The lowest BCUT2D eigenvalue weighted by Gasteiger charge is -2.22. The van der Waals surface area contributed by atoms with E-state index in [0.29, 0.717) is 6.42 Å². The molecule has 0 fully saturated rings. The van der Waals surface area contributed by atoms with Crippen LogP contribution in [-0.2, 0) is 30.9 Å². The molecule has 26 heavy (non-hydrogen) atoms. The number of sulfonamides is 1. The first-order valence-corrected chi connectivity index (χ1v) is 9.48. The van der Waals surface area contributed by atoms with Crippen molar-refractivity contribution in [3.8, 4) is 0 Å². The molecule has 1 N–H and O–H groups in total. The summed E-state index contributed by atoms with van der Waals surface area (Å²) in [6, 6.07) is 1.42. The first-order chi connectivity index (χ1) is 12.0. The van der Waals surface area contributed by atoms with Crippen LogP contribution in [0.4, 0.5) is 0 Å². The van der Waals surface area contributed by atoms with E-state index in [2.05, 4.69) is 5.32 Å². The van der Waals surface area contributed by atoms with Gasteiger partial charge in [0.15, 0.2) is 0 Å². The van der Waals surface area contributed by atoms with Crippen LogP contribution in [0.2, 0.25) is 0 Å². The molecule has 0 aromatic carbocycles. The van der Waals surface area contributed by atoms with Gasteiger partial charge in [0, 0.05) is 26.4 Å². The van der Waals surface area contributed by atoms with Gasteiger partial charge in [-0.05, 0) is 12.0 Å². The number of ether oxygens (including phenoxy) is 1. The van der Waals surface area contributed by atoms with Crippen LogP contribution in [0.25, 0.3) is 0 Å². The topological polar surface area (TPSA) is 115 Å². The molecule has 146 valence electrons. The summed E-state index contributed by atoms with van der Waals surface area (Å²) in [5.74, 6) is -1.34. The quantitative estimate of drug-likeness (QED) is 0.618. The Morgan fingerprint density at radius 2 is 1.92 bits per heavy atom. The van der Waals surface area contributed by atoms with Crippen molar-refractivity contribution < 1.29 is 22.7 Å². The van der Waals surface area contributed by atoms with E-state index in [4.69, 9.17) is 4.74 Å². The highest BCUT2D eigenvalue weighted by atomic mass is 32.2. The number of nitrogens with one attached hydrogen (secondary N) is 1. The van der Waals surface area contributed by atoms with Gasteiger partial charge < -0.3 is 14.6 Å². The Morgan fingerprint density at radius 1 is 1.31 bits per heavy atom. The third kappa shape index (κ3) is 5.15. The maximum atomic E-state index is 12.3. The molecule has 0 spiro atoms. The third-order valence-corrected chi connectivity index (χ3v) is 5.83. The van der Waals surface area contributed by atoms with Crippen molar-refractivity contribution in [3.63, 3.8) is 0 Å². The smallest absolute Gasteiger partial charge is 0.328 e. The average molecular weight is 387 g/mol. The Bertz CT molecular complexity index is 816. The second kappa shape index (κ2) is 8.95. The van der Waals surface area contributed by atoms with Crippen molar-refractivity contribution in [3.05, 3.63) is 28.7 Å². The molecule has 2 atom stereocenters. The predicted octanol–water partition coefficient (Wildman–Crippen LogP) is -0.197. The summed E-state index contributed by atoms with van der Waals surface area (Å²) < 4.78 is 31.0. The summed E-state index contributed by atoms with van der Waals surface area (Å²) in [6.07, 6.45) is 1.74. The molecule has 0 bridgehead atoms. The van der Waals surface area contributed by atoms with Crippen molar-refractivity contribution in [2.45, 2.75) is 37.8 Å². The number of hydrogen-bond donors (Lipinski definition) is 1. The summed E-state index contributed by atoms with van der Waals surface area (Å²) in [6.45, 7) is 3.24. The standard InChI is InChI=1S/C16H25N3O6S/c1-6-11(2)15(16(22)25-5)17-13(20)10-19-9-12(7-8-14(19)21)26(23,24)18(3)4/h7-9,11,15H,6,10H2,1-5H3,(H,17,20)/t11-,15-/m1/s1. The molecule has 0 aliphatic carbocycles. The average Bonchev–Trinajstić information content (AvgIpc) is 2.59. The molecule has 1 aromatic heterocycles. The molecule has 0 unspecified atom stereocenters. The van der Waals surface area contributed by atoms with E-state index in [1.54, 1.807) is 6.92 Å². The third-order valence-electron chi connectivity index (χ3n) is 4.03. The van der Waals surface area contributed by atoms with Crippen molar-refractivity contribution in [1.82, 2.24) is 14.2 Å². The maximum Gasteiger partial charge on any atom is 0.328 e. The summed E-state index contributed by atoms with van der Waals surface area (Å²) in [5.41, 5.74) is -0.531. The molecule has 1 amide bonds. The number of esters is 1. The van der Waals surface area contributed by atoms with Crippen LogP contribution in [0, 0.1) is 5.92 Å². The number of hydrogen-bond acceptors (Lipinski definition) is 6. The van der Waals surface area contributed by atoms with Gasteiger partial charge in [-0.2, -0.15) is 0 Å². The monoisotopic (exact) mass is 387 g/mol. The van der Waals surface area contributed by atoms with Crippen molar-refractivity contribution in [1.29, 1.82) is 0 Å². The zero-order valence-electron chi connectivity index (χ0n) is 15.6. The minimum absolute atomic E-state index is 0.110. The first kappa shape index (κ1) is 21.8. The van der Waals surface area contributed by atoms with Crippen molar-refractivity contribution in [2.24, 2.45) is 5.92 Å². The molecule has 1 heterocycles. The Morgan fingerprint density at radius 3 is 2.42 bits per heavy atom. The molecule has 1 rings (SSSR count). The van der Waals surface area contributed by atoms with E-state index in [1.165, 1.54) is 27.3 Å². The van der Waals surface area contributed by atoms with E-state index >= 15 is 0 Å². The van der Waals surface area contributed by atoms with Gasteiger partial charge in [-0.1, -0.05) is 20.3 Å². The van der Waals surface area contributed by atoms with E-state index in [-0.39, 0.29) is 10.8 Å². The van der Waals surface area contributed by atoms with E-state index in [9.17, 15) is 22.8 Å². The number of carbonyl (C=O) groups is 2. The maximum absolute atomic E-state index is 12.3. The zero-order valence-corrected chi connectivity index (χ0v) is 16.4. The van der Waals surface area contributed by atoms with Gasteiger partial charge in [0.25, 0.3) is 5.56 Å². The van der Waals surface area contributed by atoms with Crippen molar-refractivity contribution in [2.75, 3.05) is 21.2 Å². The Kier molecular flexibility index (Phi) is 7.52. The van der Waals surface area contributed by atoms with Gasteiger partial charge in [0.2, 0.25) is 15.9 Å². The lowest BCUT2D eigenvalue weighted by atomic mass is 9.99. The van der Waals surface area contributed by atoms with E-state index in [0.717, 1.165) is 21.1 Å². The molecule has 1 aromatic rings. The predicted molar refractivity (Wildman–Crippen MR) is 95.0 cm³/mol. The highest BCUT2D eigenvalue weighted by molar-refractivity contribution is 7.89. The van der Waals surface area contributed by atoms with Gasteiger partial charge in [0.1, 0.15) is 12.6 Å². The van der Waals surface area contributed by atoms with Crippen molar-refractivity contribution >= 4 is 21.9 Å². The summed E-state index contributed by atoms with van der Waals surface area (Å²) in [5, 5.41) is 2.54. The second-order valence-electron chi connectivity index (χ2n) is 6.07. The molecule has 0 aliphatic heterocycles. The molecular formula is C16H25N3O6S. The fraction of sp³-hybridized carbons (Fsp3) is 0.562. The molecule has 0 saturated heterocycles. The highest BCUT2D eigenvalue weighted by Crippen LogP contribution is 2.11. The molecule has 9 nitrogen and oxygen atoms in total. The lowest BCUT2D eigenvalue weighted by Crippen LogP contribution is -2.47. The fourth-order valence-electron chi connectivity index (χ4n) is 2.17. The van der Waals surface area contributed by atoms with E-state index in [1.807, 2.05) is 6.92 Å². The largest absolute Gasteiger partial charge is 0.467 e.